The Kier molecular flexibility index (Phi) is 1.57. The highest BCUT2D eigenvalue weighted by molar-refractivity contribution is 6.52. The molecule has 0 bridgehead atoms. The second-order valence-electron chi connectivity index (χ2n) is 3.79. The van der Waals surface area contributed by atoms with Crippen LogP contribution in [0.15, 0.2) is 18.2 Å². The molecular formula is C12H9NO2. The fourth-order valence-electron chi connectivity index (χ4n) is 2.13. The molecule has 15 heavy (non-hydrogen) atoms. The van der Waals surface area contributed by atoms with Crippen molar-refractivity contribution in [2.45, 2.75) is 12.8 Å². The Morgan fingerprint density at radius 1 is 1.20 bits per heavy atom. The highest BCUT2D eigenvalue weighted by Crippen LogP contribution is 2.33. The average molecular weight is 199 g/mol. The van der Waals surface area contributed by atoms with E-state index in [2.05, 4.69) is 11.4 Å². The van der Waals surface area contributed by atoms with E-state index in [0.29, 0.717) is 11.3 Å². The van der Waals surface area contributed by atoms with Crippen molar-refractivity contribution >= 4 is 23.5 Å². The quantitative estimate of drug-likeness (QED) is 0.647. The number of aryl methyl sites for hydroxylation is 1. The van der Waals surface area contributed by atoms with Gasteiger partial charge in [-0.15, -0.1) is 0 Å². The number of rotatable bonds is 0. The van der Waals surface area contributed by atoms with Crippen LogP contribution in [0.2, 0.25) is 0 Å². The lowest BCUT2D eigenvalue weighted by Crippen LogP contribution is -2.12. The number of hydrogen-bond donors (Lipinski definition) is 1. The molecule has 1 heterocycles. The number of benzene rings is 1. The maximum Gasteiger partial charge on any atom is 0.296 e. The summed E-state index contributed by atoms with van der Waals surface area (Å²) in [6.07, 6.45) is 6.05. The molecule has 1 aliphatic carbocycles. The predicted molar refractivity (Wildman–Crippen MR) is 56.8 cm³/mol. The van der Waals surface area contributed by atoms with Gasteiger partial charge < -0.3 is 5.32 Å². The lowest BCUT2D eigenvalue weighted by molar-refractivity contribution is -0.112. The first-order valence-electron chi connectivity index (χ1n) is 4.95. The largest absolute Gasteiger partial charge is 0.318 e. The summed E-state index contributed by atoms with van der Waals surface area (Å²) in [6, 6.07) is 3.68. The normalized spacial score (nSPS) is 17.3. The van der Waals surface area contributed by atoms with Gasteiger partial charge in [-0.1, -0.05) is 18.2 Å². The summed E-state index contributed by atoms with van der Waals surface area (Å²) in [4.78, 5) is 22.7. The van der Waals surface area contributed by atoms with E-state index in [1.165, 1.54) is 5.56 Å². The summed E-state index contributed by atoms with van der Waals surface area (Å²) in [6.45, 7) is 0. The number of amides is 1. The van der Waals surface area contributed by atoms with E-state index >= 15 is 0 Å². The molecule has 1 aromatic rings. The van der Waals surface area contributed by atoms with E-state index in [1.54, 1.807) is 6.07 Å². The molecular weight excluding hydrogens is 190 g/mol. The minimum absolute atomic E-state index is 0.424. The molecule has 0 saturated heterocycles. The van der Waals surface area contributed by atoms with Crippen LogP contribution in [0.5, 0.6) is 0 Å². The van der Waals surface area contributed by atoms with Crippen molar-refractivity contribution in [3.63, 3.8) is 0 Å². The standard InChI is InChI=1S/C12H9NO2/c14-11-9-6-5-7-3-1-2-4-8(7)10(9)13-12(11)15/h2,4-6H,1,3H2,(H,13,14,15). The Hall–Kier alpha value is -1.90. The first kappa shape index (κ1) is 8.41. The highest BCUT2D eigenvalue weighted by atomic mass is 16.2. The number of hydrogen-bond acceptors (Lipinski definition) is 2. The molecule has 3 rings (SSSR count). The maximum absolute atomic E-state index is 11.4. The molecule has 2 aliphatic rings. The van der Waals surface area contributed by atoms with Crippen molar-refractivity contribution in [1.82, 2.24) is 0 Å². The second-order valence-corrected chi connectivity index (χ2v) is 3.79. The molecule has 1 amide bonds. The number of Topliss-reactive ketones (excluding diaryl/α,β-unsaturated/α-hetero) is 1. The third kappa shape index (κ3) is 1.06. The van der Waals surface area contributed by atoms with E-state index in [9.17, 15) is 9.59 Å². The van der Waals surface area contributed by atoms with Gasteiger partial charge in [0, 0.05) is 5.56 Å². The molecule has 1 aliphatic heterocycles. The first-order chi connectivity index (χ1) is 7.27. The van der Waals surface area contributed by atoms with Gasteiger partial charge in [-0.3, -0.25) is 9.59 Å². The van der Waals surface area contributed by atoms with E-state index in [1.807, 2.05) is 12.1 Å². The van der Waals surface area contributed by atoms with Gasteiger partial charge in [-0.05, 0) is 24.5 Å². The molecule has 1 aromatic carbocycles. The molecule has 3 heteroatoms. The molecule has 0 spiro atoms. The lowest BCUT2D eigenvalue weighted by atomic mass is 9.93. The molecule has 3 nitrogen and oxygen atoms in total. The Balaban J connectivity index is 2.27. The molecule has 1 N–H and O–H groups in total. The van der Waals surface area contributed by atoms with Crippen LogP contribution in [0.3, 0.4) is 0 Å². The van der Waals surface area contributed by atoms with Crippen molar-refractivity contribution in [3.8, 4) is 0 Å². The zero-order valence-corrected chi connectivity index (χ0v) is 8.04. The van der Waals surface area contributed by atoms with Gasteiger partial charge in [0.15, 0.2) is 0 Å². The number of fused-ring (bicyclic) bond motifs is 3. The van der Waals surface area contributed by atoms with Gasteiger partial charge in [0.05, 0.1) is 11.3 Å². The highest BCUT2D eigenvalue weighted by Gasteiger charge is 2.30. The number of nitrogens with one attached hydrogen (secondary N) is 1. The summed E-state index contributed by atoms with van der Waals surface area (Å²) in [7, 11) is 0. The molecule has 0 aromatic heterocycles. The van der Waals surface area contributed by atoms with Gasteiger partial charge in [-0.25, -0.2) is 0 Å². The maximum atomic E-state index is 11.4. The van der Waals surface area contributed by atoms with Crippen LogP contribution in [0, 0.1) is 0 Å². The van der Waals surface area contributed by atoms with Crippen LogP contribution in [-0.2, 0) is 11.2 Å². The van der Waals surface area contributed by atoms with Gasteiger partial charge >= 0.3 is 0 Å². The zero-order chi connectivity index (χ0) is 10.4. The number of allylic oxidation sites excluding steroid dienone is 1. The van der Waals surface area contributed by atoms with E-state index in [4.69, 9.17) is 0 Å². The minimum atomic E-state index is -0.516. The van der Waals surface area contributed by atoms with Crippen molar-refractivity contribution in [2.24, 2.45) is 0 Å². The third-order valence-electron chi connectivity index (χ3n) is 2.89. The predicted octanol–water partition coefficient (Wildman–Crippen LogP) is 1.78. The topological polar surface area (TPSA) is 46.2 Å². The van der Waals surface area contributed by atoms with E-state index in [0.717, 1.165) is 18.4 Å². The monoisotopic (exact) mass is 199 g/mol. The molecule has 0 fully saturated rings. The Morgan fingerprint density at radius 3 is 2.93 bits per heavy atom. The number of carbonyl (C=O) groups is 2. The smallest absolute Gasteiger partial charge is 0.296 e. The molecule has 74 valence electrons. The zero-order valence-electron chi connectivity index (χ0n) is 8.04. The van der Waals surface area contributed by atoms with Crippen LogP contribution in [0.1, 0.15) is 27.9 Å². The van der Waals surface area contributed by atoms with E-state index in [-0.39, 0.29) is 0 Å². The van der Waals surface area contributed by atoms with Gasteiger partial charge in [0.1, 0.15) is 0 Å². The molecule has 0 saturated carbocycles. The minimum Gasteiger partial charge on any atom is -0.318 e. The summed E-state index contributed by atoms with van der Waals surface area (Å²) < 4.78 is 0. The Bertz CT molecular complexity index is 515. The summed E-state index contributed by atoms with van der Waals surface area (Å²) >= 11 is 0. The molecule has 0 unspecified atom stereocenters. The van der Waals surface area contributed by atoms with Crippen LogP contribution in [-0.4, -0.2) is 11.7 Å². The summed E-state index contributed by atoms with van der Waals surface area (Å²) in [5, 5.41) is 2.64. The van der Waals surface area contributed by atoms with Gasteiger partial charge in [0.25, 0.3) is 11.7 Å². The van der Waals surface area contributed by atoms with Crippen LogP contribution >= 0.6 is 0 Å². The van der Waals surface area contributed by atoms with Crippen molar-refractivity contribution in [3.05, 3.63) is 34.9 Å². The van der Waals surface area contributed by atoms with Crippen molar-refractivity contribution in [2.75, 3.05) is 5.32 Å². The van der Waals surface area contributed by atoms with Crippen molar-refractivity contribution < 1.29 is 9.59 Å². The van der Waals surface area contributed by atoms with Crippen LogP contribution in [0.4, 0.5) is 5.69 Å². The third-order valence-corrected chi connectivity index (χ3v) is 2.89. The lowest BCUT2D eigenvalue weighted by Gasteiger charge is -2.13. The van der Waals surface area contributed by atoms with Crippen LogP contribution in [0.25, 0.3) is 6.08 Å². The number of anilines is 1. The van der Waals surface area contributed by atoms with Crippen molar-refractivity contribution in [1.29, 1.82) is 0 Å². The summed E-state index contributed by atoms with van der Waals surface area (Å²) in [5.74, 6) is -0.941. The summed E-state index contributed by atoms with van der Waals surface area (Å²) in [5.41, 5.74) is 3.40. The first-order valence-corrected chi connectivity index (χ1v) is 4.95. The van der Waals surface area contributed by atoms with E-state index < -0.39 is 11.7 Å². The fraction of sp³-hybridized carbons (Fsp3) is 0.167. The average Bonchev–Trinajstić information content (AvgIpc) is 2.56. The fourth-order valence-corrected chi connectivity index (χ4v) is 2.13. The Morgan fingerprint density at radius 2 is 2.07 bits per heavy atom. The van der Waals surface area contributed by atoms with Gasteiger partial charge in [0.2, 0.25) is 0 Å². The van der Waals surface area contributed by atoms with Crippen LogP contribution < -0.4 is 5.32 Å². The second kappa shape index (κ2) is 2.79. The SMILES string of the molecule is O=C1Nc2c(ccc3c2C=CCC3)C1=O. The number of ketones is 1. The number of carbonyl (C=O) groups excluding carboxylic acids is 2. The Labute approximate surface area is 86.8 Å². The molecule has 0 radical (unpaired) electrons. The molecule has 0 atom stereocenters. The van der Waals surface area contributed by atoms with Gasteiger partial charge in [-0.2, -0.15) is 0 Å².